The molecule has 1 aromatic carbocycles. The van der Waals surface area contributed by atoms with Crippen molar-refractivity contribution in [3.63, 3.8) is 0 Å². The van der Waals surface area contributed by atoms with Crippen molar-refractivity contribution in [1.29, 1.82) is 0 Å². The van der Waals surface area contributed by atoms with Gasteiger partial charge in [0.1, 0.15) is 13.2 Å². The van der Waals surface area contributed by atoms with Crippen LogP contribution < -0.4 is 9.47 Å². The molecule has 0 amide bonds. The number of ether oxygens (including phenoxy) is 2. The van der Waals surface area contributed by atoms with Crippen molar-refractivity contribution in [3.8, 4) is 11.5 Å². The van der Waals surface area contributed by atoms with Crippen LogP contribution in [0.2, 0.25) is 0 Å². The van der Waals surface area contributed by atoms with Crippen LogP contribution in [-0.2, 0) is 0 Å². The third kappa shape index (κ3) is 2.75. The van der Waals surface area contributed by atoms with Crippen LogP contribution in [0.4, 0.5) is 0 Å². The smallest absolute Gasteiger partial charge is 0.162 e. The molecule has 3 rings (SSSR count). The number of aliphatic hydroxyl groups is 1. The van der Waals surface area contributed by atoms with Crippen molar-refractivity contribution in [2.24, 2.45) is 5.92 Å². The van der Waals surface area contributed by atoms with Crippen LogP contribution >= 0.6 is 15.9 Å². The van der Waals surface area contributed by atoms with E-state index < -0.39 is 6.10 Å². The van der Waals surface area contributed by atoms with Crippen molar-refractivity contribution >= 4 is 15.9 Å². The Balaban J connectivity index is 1.86. The van der Waals surface area contributed by atoms with Crippen LogP contribution in [0.25, 0.3) is 0 Å². The average Bonchev–Trinajstić information content (AvgIpc) is 2.47. The summed E-state index contributed by atoms with van der Waals surface area (Å²) < 4.78 is 12.1. The predicted octanol–water partition coefficient (Wildman–Crippen LogP) is 3.83. The minimum absolute atomic E-state index is 0.368. The standard InChI is InChI=1S/C15H19BrO3/c16-12-9-14-13(18-6-7-19-14)8-11(12)15(17)10-4-2-1-3-5-10/h8-10,15,17H,1-7H2. The molecular formula is C15H19BrO3. The van der Waals surface area contributed by atoms with E-state index in [0.717, 1.165) is 34.4 Å². The Morgan fingerprint density at radius 3 is 2.37 bits per heavy atom. The third-order valence-electron chi connectivity index (χ3n) is 4.08. The Labute approximate surface area is 122 Å². The van der Waals surface area contributed by atoms with E-state index in [1.54, 1.807) is 0 Å². The molecule has 1 atom stereocenters. The molecule has 0 radical (unpaired) electrons. The maximum Gasteiger partial charge on any atom is 0.162 e. The van der Waals surface area contributed by atoms with Crippen molar-refractivity contribution in [2.75, 3.05) is 13.2 Å². The fraction of sp³-hybridized carbons (Fsp3) is 0.600. The fourth-order valence-electron chi connectivity index (χ4n) is 3.01. The SMILES string of the molecule is OC(c1cc2c(cc1Br)OCCO2)C1CCCCC1. The predicted molar refractivity (Wildman–Crippen MR) is 76.7 cm³/mol. The quantitative estimate of drug-likeness (QED) is 0.897. The molecule has 1 aliphatic carbocycles. The molecule has 104 valence electrons. The Kier molecular flexibility index (Phi) is 3.99. The zero-order valence-corrected chi connectivity index (χ0v) is 12.5. The monoisotopic (exact) mass is 326 g/mol. The Morgan fingerprint density at radius 2 is 1.68 bits per heavy atom. The molecule has 0 bridgehead atoms. The highest BCUT2D eigenvalue weighted by Crippen LogP contribution is 2.42. The van der Waals surface area contributed by atoms with E-state index in [1.807, 2.05) is 12.1 Å². The average molecular weight is 327 g/mol. The topological polar surface area (TPSA) is 38.7 Å². The van der Waals surface area contributed by atoms with E-state index in [1.165, 1.54) is 19.3 Å². The van der Waals surface area contributed by atoms with Gasteiger partial charge in [-0.3, -0.25) is 0 Å². The molecule has 1 aliphatic heterocycles. The van der Waals surface area contributed by atoms with Gasteiger partial charge in [0.15, 0.2) is 11.5 Å². The molecular weight excluding hydrogens is 308 g/mol. The van der Waals surface area contributed by atoms with Gasteiger partial charge in [-0.05, 0) is 36.5 Å². The van der Waals surface area contributed by atoms with Crippen LogP contribution in [-0.4, -0.2) is 18.3 Å². The van der Waals surface area contributed by atoms with E-state index in [0.29, 0.717) is 19.1 Å². The first-order valence-corrected chi connectivity index (χ1v) is 7.82. The maximum absolute atomic E-state index is 10.6. The lowest BCUT2D eigenvalue weighted by Crippen LogP contribution is -2.18. The first-order chi connectivity index (χ1) is 9.25. The summed E-state index contributed by atoms with van der Waals surface area (Å²) in [5, 5.41) is 10.6. The first kappa shape index (κ1) is 13.3. The van der Waals surface area contributed by atoms with Crippen molar-refractivity contribution < 1.29 is 14.6 Å². The van der Waals surface area contributed by atoms with E-state index in [-0.39, 0.29) is 0 Å². The van der Waals surface area contributed by atoms with E-state index in [2.05, 4.69) is 15.9 Å². The molecule has 0 spiro atoms. The van der Waals surface area contributed by atoms with Gasteiger partial charge in [-0.2, -0.15) is 0 Å². The zero-order valence-electron chi connectivity index (χ0n) is 10.9. The minimum atomic E-state index is -0.412. The van der Waals surface area contributed by atoms with E-state index in [4.69, 9.17) is 9.47 Å². The molecule has 1 aromatic rings. The molecule has 1 fully saturated rings. The molecule has 4 heteroatoms. The summed E-state index contributed by atoms with van der Waals surface area (Å²) in [5.74, 6) is 1.88. The minimum Gasteiger partial charge on any atom is -0.486 e. The summed E-state index contributed by atoms with van der Waals surface area (Å²) in [5.41, 5.74) is 0.927. The molecule has 19 heavy (non-hydrogen) atoms. The number of benzene rings is 1. The molecule has 3 nitrogen and oxygen atoms in total. The van der Waals surface area contributed by atoms with Gasteiger partial charge in [0.2, 0.25) is 0 Å². The number of rotatable bonds is 2. The summed E-state index contributed by atoms with van der Waals surface area (Å²) >= 11 is 3.55. The lowest BCUT2D eigenvalue weighted by molar-refractivity contribution is 0.0834. The number of fused-ring (bicyclic) bond motifs is 1. The number of hydrogen-bond acceptors (Lipinski definition) is 3. The van der Waals surface area contributed by atoms with Crippen molar-refractivity contribution in [1.82, 2.24) is 0 Å². The van der Waals surface area contributed by atoms with Crippen molar-refractivity contribution in [3.05, 3.63) is 22.2 Å². The molecule has 1 unspecified atom stereocenters. The van der Waals surface area contributed by atoms with Gasteiger partial charge >= 0.3 is 0 Å². The van der Waals surface area contributed by atoms with E-state index in [9.17, 15) is 5.11 Å². The Hall–Kier alpha value is -0.740. The highest BCUT2D eigenvalue weighted by Gasteiger charge is 2.26. The van der Waals surface area contributed by atoms with Gasteiger partial charge in [0.05, 0.1) is 6.10 Å². The van der Waals surface area contributed by atoms with Crippen molar-refractivity contribution in [2.45, 2.75) is 38.2 Å². The normalized spacial score (nSPS) is 21.2. The second kappa shape index (κ2) is 5.71. The highest BCUT2D eigenvalue weighted by atomic mass is 79.9. The lowest BCUT2D eigenvalue weighted by atomic mass is 9.82. The van der Waals surface area contributed by atoms with Gasteiger partial charge in [0, 0.05) is 4.47 Å². The highest BCUT2D eigenvalue weighted by molar-refractivity contribution is 9.10. The molecule has 1 saturated carbocycles. The van der Waals surface area contributed by atoms with Crippen LogP contribution in [0.5, 0.6) is 11.5 Å². The second-order valence-corrected chi connectivity index (χ2v) is 6.21. The van der Waals surface area contributed by atoms with Gasteiger partial charge < -0.3 is 14.6 Å². The summed E-state index contributed by atoms with van der Waals surface area (Å²) in [6, 6.07) is 3.84. The first-order valence-electron chi connectivity index (χ1n) is 7.03. The molecule has 0 saturated heterocycles. The van der Waals surface area contributed by atoms with Crippen LogP contribution in [0.15, 0.2) is 16.6 Å². The van der Waals surface area contributed by atoms with Crippen LogP contribution in [0.3, 0.4) is 0 Å². The van der Waals surface area contributed by atoms with Gasteiger partial charge in [-0.25, -0.2) is 0 Å². The largest absolute Gasteiger partial charge is 0.486 e. The summed E-state index contributed by atoms with van der Waals surface area (Å²) in [7, 11) is 0. The molecule has 1 N–H and O–H groups in total. The van der Waals surface area contributed by atoms with Crippen LogP contribution in [0, 0.1) is 5.92 Å². The van der Waals surface area contributed by atoms with Gasteiger partial charge in [-0.1, -0.05) is 35.2 Å². The zero-order chi connectivity index (χ0) is 13.2. The van der Waals surface area contributed by atoms with Gasteiger partial charge in [-0.15, -0.1) is 0 Å². The molecule has 2 aliphatic rings. The number of halogens is 1. The third-order valence-corrected chi connectivity index (χ3v) is 4.76. The maximum atomic E-state index is 10.6. The molecule has 0 aromatic heterocycles. The second-order valence-electron chi connectivity index (χ2n) is 5.36. The Morgan fingerprint density at radius 1 is 1.05 bits per heavy atom. The van der Waals surface area contributed by atoms with Gasteiger partial charge in [0.25, 0.3) is 0 Å². The number of hydrogen-bond donors (Lipinski definition) is 1. The molecule has 1 heterocycles. The fourth-order valence-corrected chi connectivity index (χ4v) is 3.57. The Bertz CT molecular complexity index is 455. The summed E-state index contributed by atoms with van der Waals surface area (Å²) in [6.45, 7) is 1.16. The summed E-state index contributed by atoms with van der Waals surface area (Å²) in [4.78, 5) is 0. The number of aliphatic hydroxyl groups excluding tert-OH is 1. The lowest BCUT2D eigenvalue weighted by Gasteiger charge is -2.28. The van der Waals surface area contributed by atoms with E-state index >= 15 is 0 Å². The summed E-state index contributed by atoms with van der Waals surface area (Å²) in [6.07, 6.45) is 5.56. The van der Waals surface area contributed by atoms with Crippen LogP contribution in [0.1, 0.15) is 43.8 Å².